The van der Waals surface area contributed by atoms with Gasteiger partial charge in [-0.1, -0.05) is 18.2 Å². The van der Waals surface area contributed by atoms with E-state index in [0.29, 0.717) is 6.54 Å². The number of hydrogen-bond acceptors (Lipinski definition) is 5. The van der Waals surface area contributed by atoms with Crippen molar-refractivity contribution in [3.05, 3.63) is 30.3 Å². The summed E-state index contributed by atoms with van der Waals surface area (Å²) in [6.45, 7) is 3.32. The Bertz CT molecular complexity index is 771. The number of aliphatic carboxylic acids is 2. The molecule has 2 fully saturated rings. The van der Waals surface area contributed by atoms with Crippen LogP contribution in [0.1, 0.15) is 6.42 Å². The number of carboxylic acid groups (broad SMARTS) is 2. The zero-order valence-electron chi connectivity index (χ0n) is 16.7. The van der Waals surface area contributed by atoms with Crippen molar-refractivity contribution in [1.82, 2.24) is 10.2 Å². The van der Waals surface area contributed by atoms with Gasteiger partial charge in [0.05, 0.1) is 12.1 Å². The molecule has 2 heterocycles. The smallest absolute Gasteiger partial charge is 0.475 e. The summed E-state index contributed by atoms with van der Waals surface area (Å²) in [6.07, 6.45) is -9.06. The first kappa shape index (κ1) is 27.2. The van der Waals surface area contributed by atoms with Crippen molar-refractivity contribution >= 4 is 23.5 Å². The van der Waals surface area contributed by atoms with Crippen LogP contribution in [-0.4, -0.2) is 84.1 Å². The van der Waals surface area contributed by atoms with Crippen LogP contribution in [0.3, 0.4) is 0 Å². The van der Waals surface area contributed by atoms with E-state index in [9.17, 15) is 31.1 Å². The van der Waals surface area contributed by atoms with Gasteiger partial charge in [0.25, 0.3) is 0 Å². The topological polar surface area (TPSA) is 110 Å². The molecular formula is C18H21F6N3O5. The van der Waals surface area contributed by atoms with Crippen LogP contribution in [0.25, 0.3) is 0 Å². The number of rotatable bonds is 1. The number of nitrogens with zero attached hydrogens (tertiary/aromatic N) is 2. The molecule has 3 N–H and O–H groups in total. The molecule has 0 bridgehead atoms. The second-order valence-corrected chi connectivity index (χ2v) is 6.93. The second-order valence-electron chi connectivity index (χ2n) is 6.93. The Morgan fingerprint density at radius 2 is 1.47 bits per heavy atom. The summed E-state index contributed by atoms with van der Waals surface area (Å²) in [4.78, 5) is 34.2. The van der Waals surface area contributed by atoms with Crippen LogP contribution in [0.2, 0.25) is 0 Å². The fourth-order valence-electron chi connectivity index (χ4n) is 2.99. The Balaban J connectivity index is 0.000000305. The molecule has 14 heteroatoms. The fourth-order valence-corrected chi connectivity index (χ4v) is 2.99. The van der Waals surface area contributed by atoms with Crippen molar-refractivity contribution in [2.24, 2.45) is 0 Å². The number of nitrogens with one attached hydrogen (secondary N) is 1. The second kappa shape index (κ2) is 10.6. The van der Waals surface area contributed by atoms with Crippen LogP contribution < -0.4 is 10.2 Å². The highest BCUT2D eigenvalue weighted by atomic mass is 19.4. The maximum atomic E-state index is 12.2. The fraction of sp³-hybridized carbons (Fsp3) is 0.500. The Morgan fingerprint density at radius 3 is 1.84 bits per heavy atom. The van der Waals surface area contributed by atoms with E-state index in [-0.39, 0.29) is 11.4 Å². The van der Waals surface area contributed by atoms with E-state index in [1.165, 1.54) is 0 Å². The minimum absolute atomic E-state index is 0.115. The van der Waals surface area contributed by atoms with E-state index in [1.807, 2.05) is 35.2 Å². The Morgan fingerprint density at radius 1 is 1.00 bits per heavy atom. The number of carbonyl (C=O) groups is 3. The van der Waals surface area contributed by atoms with Crippen LogP contribution in [0.5, 0.6) is 0 Å². The maximum absolute atomic E-state index is 12.2. The molecule has 0 radical (unpaired) electrons. The summed E-state index contributed by atoms with van der Waals surface area (Å²) >= 11 is 0. The molecular weight excluding hydrogens is 452 g/mol. The average Bonchev–Trinajstić information content (AvgIpc) is 3.15. The van der Waals surface area contributed by atoms with Gasteiger partial charge < -0.3 is 20.4 Å². The van der Waals surface area contributed by atoms with Gasteiger partial charge in [-0.2, -0.15) is 26.3 Å². The Labute approximate surface area is 178 Å². The van der Waals surface area contributed by atoms with Crippen molar-refractivity contribution in [2.45, 2.75) is 24.3 Å². The van der Waals surface area contributed by atoms with E-state index in [4.69, 9.17) is 19.8 Å². The minimum atomic E-state index is -5.08. The summed E-state index contributed by atoms with van der Waals surface area (Å²) in [5.41, 5.74) is 1.13. The lowest BCUT2D eigenvalue weighted by Gasteiger charge is -2.46. The summed E-state index contributed by atoms with van der Waals surface area (Å²) in [5.74, 6) is -5.32. The molecule has 0 aromatic heterocycles. The molecule has 2 aliphatic heterocycles. The number of carboxylic acids is 2. The molecule has 2 aliphatic rings. The lowest BCUT2D eigenvalue weighted by atomic mass is 9.92. The maximum Gasteiger partial charge on any atom is 0.490 e. The third-order valence-electron chi connectivity index (χ3n) is 4.71. The molecule has 180 valence electrons. The number of halogens is 6. The van der Waals surface area contributed by atoms with Gasteiger partial charge in [-0.3, -0.25) is 9.69 Å². The number of carbonyl (C=O) groups excluding carboxylic acids is 1. The van der Waals surface area contributed by atoms with E-state index >= 15 is 0 Å². The third-order valence-corrected chi connectivity index (χ3v) is 4.71. The van der Waals surface area contributed by atoms with Crippen molar-refractivity contribution in [2.75, 3.05) is 38.1 Å². The first-order valence-electron chi connectivity index (χ1n) is 8.98. The highest BCUT2D eigenvalue weighted by Crippen LogP contribution is 2.29. The number of hydrogen-bond donors (Lipinski definition) is 3. The van der Waals surface area contributed by atoms with Crippen LogP contribution in [-0.2, 0) is 14.4 Å². The van der Waals surface area contributed by atoms with Gasteiger partial charge in [0.1, 0.15) is 0 Å². The van der Waals surface area contributed by atoms with Gasteiger partial charge in [0.15, 0.2) is 0 Å². The summed E-state index contributed by atoms with van der Waals surface area (Å²) in [7, 11) is 2.06. The first-order chi connectivity index (χ1) is 14.6. The Kier molecular flexibility index (Phi) is 9.03. The third kappa shape index (κ3) is 7.67. The van der Waals surface area contributed by atoms with Gasteiger partial charge >= 0.3 is 24.3 Å². The van der Waals surface area contributed by atoms with Gasteiger partial charge in [-0.15, -0.1) is 0 Å². The summed E-state index contributed by atoms with van der Waals surface area (Å²) < 4.78 is 63.5. The number of piperazine rings is 1. The predicted molar refractivity (Wildman–Crippen MR) is 99.0 cm³/mol. The number of alkyl halides is 6. The Hall–Kier alpha value is -2.87. The zero-order valence-corrected chi connectivity index (χ0v) is 16.7. The van der Waals surface area contributed by atoms with Crippen molar-refractivity contribution in [1.29, 1.82) is 0 Å². The number of anilines is 1. The van der Waals surface area contributed by atoms with Crippen molar-refractivity contribution in [3.63, 3.8) is 0 Å². The molecule has 1 atom stereocenters. The van der Waals surface area contributed by atoms with Crippen LogP contribution in [0.4, 0.5) is 32.0 Å². The van der Waals surface area contributed by atoms with Crippen molar-refractivity contribution < 1.29 is 50.9 Å². The largest absolute Gasteiger partial charge is 0.490 e. The lowest BCUT2D eigenvalue weighted by molar-refractivity contribution is -0.193. The monoisotopic (exact) mass is 473 g/mol. The molecule has 32 heavy (non-hydrogen) atoms. The molecule has 1 aromatic carbocycles. The van der Waals surface area contributed by atoms with E-state index in [1.54, 1.807) is 0 Å². The first-order valence-corrected chi connectivity index (χ1v) is 8.98. The zero-order chi connectivity index (χ0) is 24.7. The molecule has 0 saturated carbocycles. The van der Waals surface area contributed by atoms with E-state index in [0.717, 1.165) is 31.7 Å². The van der Waals surface area contributed by atoms with Crippen molar-refractivity contribution in [3.8, 4) is 0 Å². The van der Waals surface area contributed by atoms with Crippen LogP contribution in [0, 0.1) is 0 Å². The number of likely N-dealkylation sites (N-methyl/N-ethyl adjacent to an activating group) is 1. The minimum Gasteiger partial charge on any atom is -0.475 e. The number of para-hydroxylation sites is 1. The molecule has 0 aliphatic carbocycles. The van der Waals surface area contributed by atoms with Gasteiger partial charge in [0, 0.05) is 18.8 Å². The molecule has 1 aromatic rings. The van der Waals surface area contributed by atoms with Gasteiger partial charge in [0.2, 0.25) is 5.91 Å². The predicted octanol–water partition coefficient (Wildman–Crippen LogP) is 1.96. The van der Waals surface area contributed by atoms with Gasteiger partial charge in [-0.05, 0) is 32.1 Å². The SMILES string of the molecule is CN1CC(=O)N(c2ccccc2)CC12CCNC2.O=C(O)C(F)(F)F.O=C(O)C(F)(F)F. The van der Waals surface area contributed by atoms with Gasteiger partial charge in [-0.25, -0.2) is 9.59 Å². The van der Waals surface area contributed by atoms with E-state index < -0.39 is 24.3 Å². The van der Waals surface area contributed by atoms with Crippen LogP contribution >= 0.6 is 0 Å². The highest BCUT2D eigenvalue weighted by molar-refractivity contribution is 5.96. The summed E-state index contributed by atoms with van der Waals surface area (Å²) in [5, 5.41) is 17.7. The van der Waals surface area contributed by atoms with E-state index in [2.05, 4.69) is 17.3 Å². The molecule has 1 spiro atoms. The highest BCUT2D eigenvalue weighted by Gasteiger charge is 2.45. The number of amides is 1. The molecule has 3 rings (SSSR count). The summed E-state index contributed by atoms with van der Waals surface area (Å²) in [6, 6.07) is 9.98. The standard InChI is InChI=1S/C14H19N3O.2C2HF3O2/c1-16-9-13(18)17(12-5-3-2-4-6-12)11-14(16)7-8-15-10-14;2*3-2(4,5)1(6)7/h2-6,15H,7-11H2,1H3;2*(H,6,7). The molecule has 1 unspecified atom stereocenters. The molecule has 8 nitrogen and oxygen atoms in total. The lowest BCUT2D eigenvalue weighted by Crippen LogP contribution is -2.64. The normalized spacial score (nSPS) is 21.3. The average molecular weight is 473 g/mol. The quantitative estimate of drug-likeness (QED) is 0.535. The molecule has 2 saturated heterocycles. The molecule has 1 amide bonds. The van der Waals surface area contributed by atoms with Crippen LogP contribution in [0.15, 0.2) is 30.3 Å². The number of benzene rings is 1.